The van der Waals surface area contributed by atoms with Gasteiger partial charge >= 0.3 is 0 Å². The van der Waals surface area contributed by atoms with Gasteiger partial charge < -0.3 is 9.84 Å². The minimum absolute atomic E-state index is 0.223. The molecule has 1 atom stereocenters. The van der Waals surface area contributed by atoms with Crippen LogP contribution in [0.2, 0.25) is 0 Å². The highest BCUT2D eigenvalue weighted by Crippen LogP contribution is 2.18. The largest absolute Gasteiger partial charge is 0.508 e. The van der Waals surface area contributed by atoms with Gasteiger partial charge in [0, 0.05) is 12.2 Å². The van der Waals surface area contributed by atoms with E-state index in [-0.39, 0.29) is 11.9 Å². The summed E-state index contributed by atoms with van der Waals surface area (Å²) in [6, 6.07) is 9.68. The van der Waals surface area contributed by atoms with Gasteiger partial charge in [-0.25, -0.2) is 0 Å². The second kappa shape index (κ2) is 4.87. The molecule has 0 fully saturated rings. The van der Waals surface area contributed by atoms with E-state index in [2.05, 4.69) is 4.99 Å². The average Bonchev–Trinajstić information content (AvgIpc) is 2.29. The van der Waals surface area contributed by atoms with Crippen LogP contribution in [0, 0.1) is 0 Å². The second-order valence-corrected chi connectivity index (χ2v) is 3.97. The molecule has 17 heavy (non-hydrogen) atoms. The Morgan fingerprint density at radius 3 is 2.65 bits per heavy atom. The first-order valence-electron chi connectivity index (χ1n) is 5.51. The molecule has 2 rings (SSSR count). The molecule has 1 aliphatic heterocycles. The molecule has 0 bridgehead atoms. The summed E-state index contributed by atoms with van der Waals surface area (Å²) < 4.78 is 5.58. The molecule has 1 N–H and O–H groups in total. The zero-order valence-electron chi connectivity index (χ0n) is 9.92. The summed E-state index contributed by atoms with van der Waals surface area (Å²) in [5, 5.41) is 9.51. The van der Waals surface area contributed by atoms with Gasteiger partial charge in [0.1, 0.15) is 5.76 Å². The lowest BCUT2D eigenvalue weighted by Crippen LogP contribution is -2.21. The number of ether oxygens (including phenoxy) is 1. The summed E-state index contributed by atoms with van der Waals surface area (Å²) in [5.74, 6) is 0.916. The fraction of sp³-hybridized carbons (Fsp3) is 0.214. The number of rotatable bonds is 2. The van der Waals surface area contributed by atoms with Crippen LogP contribution in [0.3, 0.4) is 0 Å². The van der Waals surface area contributed by atoms with Crippen LogP contribution >= 0.6 is 0 Å². The molecule has 1 aromatic rings. The maximum Gasteiger partial charge on any atom is 0.158 e. The highest BCUT2D eigenvalue weighted by molar-refractivity contribution is 5.90. The van der Waals surface area contributed by atoms with Crippen LogP contribution in [0.25, 0.3) is 0 Å². The summed E-state index contributed by atoms with van der Waals surface area (Å²) in [4.78, 5) is 4.46. The van der Waals surface area contributed by atoms with E-state index in [1.54, 1.807) is 12.2 Å². The van der Waals surface area contributed by atoms with Gasteiger partial charge in [0.25, 0.3) is 0 Å². The predicted molar refractivity (Wildman–Crippen MR) is 68.6 cm³/mol. The molecule has 88 valence electrons. The van der Waals surface area contributed by atoms with Crippen molar-refractivity contribution in [2.75, 3.05) is 0 Å². The lowest BCUT2D eigenvalue weighted by molar-refractivity contribution is 0.192. The monoisotopic (exact) mass is 229 g/mol. The van der Waals surface area contributed by atoms with Crippen molar-refractivity contribution in [1.29, 1.82) is 0 Å². The van der Waals surface area contributed by atoms with E-state index in [0.717, 1.165) is 11.4 Å². The van der Waals surface area contributed by atoms with Gasteiger partial charge in [0.05, 0.1) is 17.2 Å². The third kappa shape index (κ3) is 2.97. The zero-order valence-corrected chi connectivity index (χ0v) is 9.92. The molecule has 1 aliphatic rings. The summed E-state index contributed by atoms with van der Waals surface area (Å²) in [7, 11) is 0. The number of hydrogen-bond acceptors (Lipinski definition) is 3. The van der Waals surface area contributed by atoms with Crippen molar-refractivity contribution < 1.29 is 9.84 Å². The van der Waals surface area contributed by atoms with E-state index in [4.69, 9.17) is 4.74 Å². The summed E-state index contributed by atoms with van der Waals surface area (Å²) >= 11 is 0. The van der Waals surface area contributed by atoms with Crippen molar-refractivity contribution in [3.8, 4) is 0 Å². The molecule has 0 saturated heterocycles. The molecule has 1 aromatic carbocycles. The van der Waals surface area contributed by atoms with Crippen LogP contribution in [-0.4, -0.2) is 16.9 Å². The van der Waals surface area contributed by atoms with E-state index in [1.807, 2.05) is 44.2 Å². The van der Waals surface area contributed by atoms with Gasteiger partial charge in [-0.3, -0.25) is 4.99 Å². The van der Waals surface area contributed by atoms with Gasteiger partial charge in [0.2, 0.25) is 0 Å². The predicted octanol–water partition coefficient (Wildman–Crippen LogP) is 3.52. The van der Waals surface area contributed by atoms with Crippen molar-refractivity contribution >= 4 is 11.4 Å². The molecule has 0 spiro atoms. The zero-order chi connectivity index (χ0) is 12.3. The molecule has 0 saturated carbocycles. The molecule has 1 unspecified atom stereocenters. The molecule has 0 aromatic heterocycles. The number of aliphatic hydroxyl groups is 1. The lowest BCUT2D eigenvalue weighted by Gasteiger charge is -2.19. The molecule has 3 nitrogen and oxygen atoms in total. The van der Waals surface area contributed by atoms with Crippen molar-refractivity contribution in [2.45, 2.75) is 20.0 Å². The first-order chi connectivity index (χ1) is 8.15. The Kier molecular flexibility index (Phi) is 3.28. The first kappa shape index (κ1) is 11.5. The third-order valence-electron chi connectivity index (χ3n) is 2.46. The molecule has 0 amide bonds. The molecule has 1 heterocycles. The van der Waals surface area contributed by atoms with Gasteiger partial charge in [-0.05, 0) is 26.0 Å². The molecular weight excluding hydrogens is 214 g/mol. The lowest BCUT2D eigenvalue weighted by atomic mass is 10.1. The van der Waals surface area contributed by atoms with Crippen LogP contribution in [0.15, 0.2) is 59.0 Å². The van der Waals surface area contributed by atoms with E-state index in [1.165, 1.54) is 0 Å². The smallest absolute Gasteiger partial charge is 0.158 e. The standard InChI is InChI=1S/C14H15NO2/c1-10-8-13(16)9-14(17-10)11(2)15-12-6-4-3-5-7-12/h3-9,14,16H,1-2H3. The fourth-order valence-corrected chi connectivity index (χ4v) is 1.66. The summed E-state index contributed by atoms with van der Waals surface area (Å²) in [6.45, 7) is 3.70. The van der Waals surface area contributed by atoms with Crippen molar-refractivity contribution in [3.63, 3.8) is 0 Å². The van der Waals surface area contributed by atoms with Crippen molar-refractivity contribution in [2.24, 2.45) is 4.99 Å². The van der Waals surface area contributed by atoms with Crippen LogP contribution in [0.5, 0.6) is 0 Å². The number of hydrogen-bond donors (Lipinski definition) is 1. The highest BCUT2D eigenvalue weighted by Gasteiger charge is 2.16. The van der Waals surface area contributed by atoms with Crippen molar-refractivity contribution in [1.82, 2.24) is 0 Å². The highest BCUT2D eigenvalue weighted by atomic mass is 16.5. The first-order valence-corrected chi connectivity index (χ1v) is 5.51. The number of allylic oxidation sites excluding steroid dienone is 2. The van der Waals surface area contributed by atoms with E-state index < -0.39 is 0 Å². The van der Waals surface area contributed by atoms with Gasteiger partial charge in [-0.1, -0.05) is 18.2 Å². The van der Waals surface area contributed by atoms with E-state index in [0.29, 0.717) is 5.76 Å². The van der Waals surface area contributed by atoms with E-state index >= 15 is 0 Å². The molecule has 3 heteroatoms. The number of para-hydroxylation sites is 1. The van der Waals surface area contributed by atoms with E-state index in [9.17, 15) is 5.11 Å². The second-order valence-electron chi connectivity index (χ2n) is 3.97. The van der Waals surface area contributed by atoms with Crippen LogP contribution in [0.4, 0.5) is 5.69 Å². The SMILES string of the molecule is CC1=CC(O)=CC(C(C)=Nc2ccccc2)O1. The normalized spacial score (nSPS) is 20.4. The number of aliphatic hydroxyl groups excluding tert-OH is 1. The summed E-state index contributed by atoms with van der Waals surface area (Å²) in [5.41, 5.74) is 1.70. The molecular formula is C14H15NO2. The van der Waals surface area contributed by atoms with Crippen LogP contribution < -0.4 is 0 Å². The Hall–Kier alpha value is -2.03. The van der Waals surface area contributed by atoms with Crippen LogP contribution in [0.1, 0.15) is 13.8 Å². The van der Waals surface area contributed by atoms with Gasteiger partial charge in [-0.2, -0.15) is 0 Å². The maximum atomic E-state index is 9.51. The van der Waals surface area contributed by atoms with Gasteiger partial charge in [0.15, 0.2) is 6.10 Å². The Morgan fingerprint density at radius 2 is 2.00 bits per heavy atom. The number of aliphatic imine (C=N–C) groups is 1. The molecule has 0 aliphatic carbocycles. The Balaban J connectivity index is 2.19. The third-order valence-corrected chi connectivity index (χ3v) is 2.46. The molecule has 0 radical (unpaired) electrons. The fourth-order valence-electron chi connectivity index (χ4n) is 1.66. The maximum absolute atomic E-state index is 9.51. The minimum atomic E-state index is -0.291. The Labute approximate surface area is 101 Å². The summed E-state index contributed by atoms with van der Waals surface area (Å²) in [6.07, 6.45) is 2.95. The quantitative estimate of drug-likeness (QED) is 0.788. The average molecular weight is 229 g/mol. The number of nitrogens with zero attached hydrogens (tertiary/aromatic N) is 1. The van der Waals surface area contributed by atoms with Gasteiger partial charge in [-0.15, -0.1) is 0 Å². The number of benzene rings is 1. The minimum Gasteiger partial charge on any atom is -0.508 e. The Morgan fingerprint density at radius 1 is 1.29 bits per heavy atom. The van der Waals surface area contributed by atoms with Crippen LogP contribution in [-0.2, 0) is 4.74 Å². The Bertz CT molecular complexity index is 486. The van der Waals surface area contributed by atoms with Crippen molar-refractivity contribution in [3.05, 3.63) is 54.0 Å². The topological polar surface area (TPSA) is 41.8 Å².